The summed E-state index contributed by atoms with van der Waals surface area (Å²) in [5.74, 6) is 1.19. The Kier molecular flexibility index (Phi) is 5.34. The number of carbonyl (C=O) groups excluding carboxylic acids is 3. The second-order valence-electron chi connectivity index (χ2n) is 11.7. The van der Waals surface area contributed by atoms with Gasteiger partial charge in [0.2, 0.25) is 0 Å². The van der Waals surface area contributed by atoms with Crippen molar-refractivity contribution in [2.75, 3.05) is 6.61 Å². The van der Waals surface area contributed by atoms with Gasteiger partial charge in [-0.05, 0) is 89.4 Å². The lowest BCUT2D eigenvalue weighted by Gasteiger charge is -2.59. The maximum atomic E-state index is 13.4. The third kappa shape index (κ3) is 3.50. The van der Waals surface area contributed by atoms with Gasteiger partial charge in [-0.15, -0.1) is 0 Å². The summed E-state index contributed by atoms with van der Waals surface area (Å²) < 4.78 is 11.4. The Morgan fingerprint density at radius 3 is 2.10 bits per heavy atom. The first-order chi connectivity index (χ1) is 14.0. The van der Waals surface area contributed by atoms with Crippen molar-refractivity contribution in [1.29, 1.82) is 0 Å². The van der Waals surface area contributed by atoms with Crippen molar-refractivity contribution in [3.05, 3.63) is 0 Å². The minimum atomic E-state index is -0.791. The fourth-order valence-corrected chi connectivity index (χ4v) is 7.21. The minimum absolute atomic E-state index is 0.0887. The Morgan fingerprint density at radius 1 is 1.07 bits per heavy atom. The van der Waals surface area contributed by atoms with Crippen LogP contribution < -0.4 is 0 Å². The summed E-state index contributed by atoms with van der Waals surface area (Å²) in [7, 11) is 0. The molecule has 2 unspecified atom stereocenters. The lowest BCUT2D eigenvalue weighted by Crippen LogP contribution is -2.59. The summed E-state index contributed by atoms with van der Waals surface area (Å²) in [5.41, 5.74) is -1.91. The molecule has 1 heterocycles. The van der Waals surface area contributed by atoms with Gasteiger partial charge in [0.1, 0.15) is 11.5 Å². The third-order valence-electron chi connectivity index (χ3n) is 9.08. The highest BCUT2D eigenvalue weighted by molar-refractivity contribution is 6.02. The van der Waals surface area contributed by atoms with Gasteiger partial charge in [-0.3, -0.25) is 14.4 Å². The van der Waals surface area contributed by atoms with Crippen LogP contribution in [0.3, 0.4) is 0 Å². The van der Waals surface area contributed by atoms with E-state index >= 15 is 0 Å². The molecule has 0 aromatic rings. The second kappa shape index (κ2) is 7.34. The zero-order valence-electron chi connectivity index (χ0n) is 19.3. The van der Waals surface area contributed by atoms with E-state index in [1.54, 1.807) is 0 Å². The van der Waals surface area contributed by atoms with E-state index in [2.05, 4.69) is 6.92 Å². The van der Waals surface area contributed by atoms with Crippen molar-refractivity contribution < 1.29 is 23.9 Å². The van der Waals surface area contributed by atoms with Crippen LogP contribution in [0.5, 0.6) is 0 Å². The maximum absolute atomic E-state index is 13.4. The van der Waals surface area contributed by atoms with Gasteiger partial charge in [-0.2, -0.15) is 0 Å². The molecule has 2 atom stereocenters. The molecule has 5 rings (SSSR count). The quantitative estimate of drug-likeness (QED) is 0.442. The SMILES string of the molecule is CCC(C)(CC(C)(C)C(=O)OC1(C)C2CC3CC(C2)CC1C3)C(=O)C1CCOC1=O. The molecule has 0 spiro atoms. The summed E-state index contributed by atoms with van der Waals surface area (Å²) in [6.45, 7) is 10.1. The van der Waals surface area contributed by atoms with Gasteiger partial charge in [-0.25, -0.2) is 0 Å². The summed E-state index contributed by atoms with van der Waals surface area (Å²) in [4.78, 5) is 38.6. The van der Waals surface area contributed by atoms with Crippen LogP contribution in [-0.4, -0.2) is 29.9 Å². The molecule has 4 bridgehead atoms. The van der Waals surface area contributed by atoms with Crippen LogP contribution in [-0.2, 0) is 23.9 Å². The molecule has 5 fully saturated rings. The number of esters is 2. The van der Waals surface area contributed by atoms with Gasteiger partial charge in [-0.1, -0.05) is 13.8 Å². The molecule has 168 valence electrons. The van der Waals surface area contributed by atoms with E-state index in [1.165, 1.54) is 32.1 Å². The molecule has 5 aliphatic rings. The predicted molar refractivity (Wildman–Crippen MR) is 112 cm³/mol. The molecule has 0 radical (unpaired) electrons. The van der Waals surface area contributed by atoms with Crippen LogP contribution >= 0.6 is 0 Å². The number of rotatable bonds is 7. The summed E-state index contributed by atoms with van der Waals surface area (Å²) in [6.07, 6.45) is 7.52. The Bertz CT molecular complexity index is 710. The van der Waals surface area contributed by atoms with Crippen LogP contribution in [0.25, 0.3) is 0 Å². The topological polar surface area (TPSA) is 69.7 Å². The Morgan fingerprint density at radius 2 is 1.63 bits per heavy atom. The fourth-order valence-electron chi connectivity index (χ4n) is 7.21. The molecule has 30 heavy (non-hydrogen) atoms. The van der Waals surface area contributed by atoms with Crippen molar-refractivity contribution in [1.82, 2.24) is 0 Å². The Labute approximate surface area is 180 Å². The van der Waals surface area contributed by atoms with E-state index in [1.807, 2.05) is 27.7 Å². The molecule has 4 aliphatic carbocycles. The average Bonchev–Trinajstić information content (AvgIpc) is 3.10. The number of ether oxygens (including phenoxy) is 2. The lowest BCUT2D eigenvalue weighted by molar-refractivity contribution is -0.212. The third-order valence-corrected chi connectivity index (χ3v) is 9.08. The van der Waals surface area contributed by atoms with Crippen LogP contribution in [0.1, 0.15) is 86.0 Å². The predicted octanol–water partition coefficient (Wildman–Crippen LogP) is 4.71. The number of Topliss-reactive ketones (excluding diaryl/α,β-unsaturated/α-hetero) is 1. The molecule has 0 N–H and O–H groups in total. The number of cyclic esters (lactones) is 1. The zero-order chi connectivity index (χ0) is 21.9. The maximum Gasteiger partial charge on any atom is 0.316 e. The standard InChI is InChI=1S/C25H38O5/c1-6-24(4,20(26)19-7-8-29-21(19)27)14-23(2,3)22(28)30-25(5)17-10-15-9-16(12-17)13-18(25)11-15/h15-19H,6-14H2,1-5H3. The molecule has 0 amide bonds. The number of ketones is 1. The molecular weight excluding hydrogens is 380 g/mol. The van der Waals surface area contributed by atoms with Gasteiger partial charge < -0.3 is 9.47 Å². The van der Waals surface area contributed by atoms with Gasteiger partial charge in [0, 0.05) is 11.8 Å². The highest BCUT2D eigenvalue weighted by Gasteiger charge is 2.58. The Hall–Kier alpha value is -1.39. The van der Waals surface area contributed by atoms with E-state index < -0.39 is 22.7 Å². The molecule has 0 aromatic heterocycles. The van der Waals surface area contributed by atoms with E-state index in [0.29, 0.717) is 37.7 Å². The van der Waals surface area contributed by atoms with Crippen molar-refractivity contribution in [3.63, 3.8) is 0 Å². The molecule has 5 heteroatoms. The number of hydrogen-bond acceptors (Lipinski definition) is 5. The number of carbonyl (C=O) groups is 3. The molecule has 0 aromatic carbocycles. The molecule has 1 aliphatic heterocycles. The van der Waals surface area contributed by atoms with E-state index in [9.17, 15) is 14.4 Å². The average molecular weight is 419 g/mol. The van der Waals surface area contributed by atoms with Crippen molar-refractivity contribution in [3.8, 4) is 0 Å². The summed E-state index contributed by atoms with van der Waals surface area (Å²) in [6, 6.07) is 0. The van der Waals surface area contributed by atoms with Crippen LogP contribution in [0, 0.1) is 40.4 Å². The monoisotopic (exact) mass is 418 g/mol. The lowest BCUT2D eigenvalue weighted by atomic mass is 9.50. The first kappa shape index (κ1) is 21.8. The summed E-state index contributed by atoms with van der Waals surface area (Å²) >= 11 is 0. The molecule has 5 nitrogen and oxygen atoms in total. The van der Waals surface area contributed by atoms with E-state index in [-0.39, 0.29) is 17.4 Å². The van der Waals surface area contributed by atoms with Gasteiger partial charge in [0.25, 0.3) is 0 Å². The number of hydrogen-bond donors (Lipinski definition) is 0. The summed E-state index contributed by atoms with van der Waals surface area (Å²) in [5, 5.41) is 0. The van der Waals surface area contributed by atoms with Crippen LogP contribution in [0.2, 0.25) is 0 Å². The van der Waals surface area contributed by atoms with Crippen molar-refractivity contribution in [2.24, 2.45) is 40.4 Å². The van der Waals surface area contributed by atoms with Gasteiger partial charge >= 0.3 is 11.9 Å². The highest BCUT2D eigenvalue weighted by atomic mass is 16.6. The van der Waals surface area contributed by atoms with Crippen LogP contribution in [0.15, 0.2) is 0 Å². The fraction of sp³-hybridized carbons (Fsp3) is 0.880. The smallest absolute Gasteiger partial charge is 0.316 e. The molecular formula is C25H38O5. The zero-order valence-corrected chi connectivity index (χ0v) is 19.3. The van der Waals surface area contributed by atoms with E-state index in [4.69, 9.17) is 9.47 Å². The Balaban J connectivity index is 1.47. The first-order valence-corrected chi connectivity index (χ1v) is 11.9. The molecule has 4 saturated carbocycles. The minimum Gasteiger partial charge on any atom is -0.465 e. The largest absolute Gasteiger partial charge is 0.465 e. The second-order valence-corrected chi connectivity index (χ2v) is 11.7. The molecule has 1 saturated heterocycles. The van der Waals surface area contributed by atoms with Gasteiger partial charge in [0.05, 0.1) is 12.0 Å². The van der Waals surface area contributed by atoms with Crippen molar-refractivity contribution >= 4 is 17.7 Å². The first-order valence-electron chi connectivity index (χ1n) is 11.9. The van der Waals surface area contributed by atoms with Crippen molar-refractivity contribution in [2.45, 2.75) is 91.6 Å². The highest BCUT2D eigenvalue weighted by Crippen LogP contribution is 2.60. The van der Waals surface area contributed by atoms with Crippen LogP contribution in [0.4, 0.5) is 0 Å². The normalized spacial score (nSPS) is 39.5. The van der Waals surface area contributed by atoms with Gasteiger partial charge in [0.15, 0.2) is 5.78 Å². The van der Waals surface area contributed by atoms with E-state index in [0.717, 1.165) is 11.8 Å².